The Hall–Kier alpha value is -1.35. The predicted octanol–water partition coefficient (Wildman–Crippen LogP) is 3.36. The SMILES string of the molecule is CCCc1cc(F)c2[nH]cc(CCN(C)C)c2c1. The fourth-order valence-electron chi connectivity index (χ4n) is 2.28. The number of hydrogen-bond acceptors (Lipinski definition) is 1. The van der Waals surface area contributed by atoms with E-state index in [9.17, 15) is 4.39 Å². The van der Waals surface area contributed by atoms with E-state index in [1.807, 2.05) is 6.20 Å². The molecule has 0 saturated heterocycles. The summed E-state index contributed by atoms with van der Waals surface area (Å²) in [6.07, 6.45) is 4.86. The van der Waals surface area contributed by atoms with Crippen LogP contribution in [0.2, 0.25) is 0 Å². The third-order valence-corrected chi connectivity index (χ3v) is 3.25. The van der Waals surface area contributed by atoms with Crippen molar-refractivity contribution in [3.63, 3.8) is 0 Å². The van der Waals surface area contributed by atoms with Gasteiger partial charge in [-0.1, -0.05) is 13.3 Å². The summed E-state index contributed by atoms with van der Waals surface area (Å²) in [5.74, 6) is -0.132. The van der Waals surface area contributed by atoms with Crippen LogP contribution in [0, 0.1) is 5.82 Å². The number of nitrogens with one attached hydrogen (secondary N) is 1. The van der Waals surface area contributed by atoms with Crippen molar-refractivity contribution in [2.75, 3.05) is 20.6 Å². The summed E-state index contributed by atoms with van der Waals surface area (Å²) in [6, 6.07) is 3.78. The van der Waals surface area contributed by atoms with E-state index < -0.39 is 0 Å². The molecule has 1 heterocycles. The average Bonchev–Trinajstić information content (AvgIpc) is 2.70. The van der Waals surface area contributed by atoms with E-state index in [0.717, 1.165) is 36.8 Å². The van der Waals surface area contributed by atoms with E-state index in [0.29, 0.717) is 5.52 Å². The second kappa shape index (κ2) is 5.53. The van der Waals surface area contributed by atoms with Gasteiger partial charge in [-0.25, -0.2) is 4.39 Å². The second-order valence-corrected chi connectivity index (χ2v) is 5.12. The summed E-state index contributed by atoms with van der Waals surface area (Å²) < 4.78 is 13.9. The molecule has 2 nitrogen and oxygen atoms in total. The molecular formula is C15H21FN2. The molecule has 1 aromatic carbocycles. The molecule has 2 rings (SSSR count). The highest BCUT2D eigenvalue weighted by Gasteiger charge is 2.09. The molecule has 2 aromatic rings. The summed E-state index contributed by atoms with van der Waals surface area (Å²) in [4.78, 5) is 5.20. The number of H-pyrrole nitrogens is 1. The lowest BCUT2D eigenvalue weighted by Gasteiger charge is -2.08. The minimum atomic E-state index is -0.132. The van der Waals surface area contributed by atoms with Gasteiger partial charge in [0.15, 0.2) is 0 Å². The van der Waals surface area contributed by atoms with Gasteiger partial charge in [-0.05, 0) is 50.2 Å². The Morgan fingerprint density at radius 2 is 2.00 bits per heavy atom. The highest BCUT2D eigenvalue weighted by Crippen LogP contribution is 2.24. The third kappa shape index (κ3) is 2.72. The van der Waals surface area contributed by atoms with Crippen LogP contribution in [-0.2, 0) is 12.8 Å². The third-order valence-electron chi connectivity index (χ3n) is 3.25. The molecule has 0 radical (unpaired) electrons. The van der Waals surface area contributed by atoms with E-state index >= 15 is 0 Å². The second-order valence-electron chi connectivity index (χ2n) is 5.12. The first-order valence-corrected chi connectivity index (χ1v) is 6.55. The largest absolute Gasteiger partial charge is 0.359 e. The summed E-state index contributed by atoms with van der Waals surface area (Å²) >= 11 is 0. The standard InChI is InChI=1S/C15H21FN2/c1-4-5-11-8-13-12(6-7-18(2)3)10-17-15(13)14(16)9-11/h8-10,17H,4-7H2,1-3H3. The minimum absolute atomic E-state index is 0.132. The topological polar surface area (TPSA) is 19.0 Å². The van der Waals surface area contributed by atoms with Gasteiger partial charge in [-0.3, -0.25) is 0 Å². The van der Waals surface area contributed by atoms with Crippen molar-refractivity contribution < 1.29 is 4.39 Å². The number of nitrogens with zero attached hydrogens (tertiary/aromatic N) is 1. The predicted molar refractivity (Wildman–Crippen MR) is 74.5 cm³/mol. The van der Waals surface area contributed by atoms with E-state index in [-0.39, 0.29) is 5.82 Å². The van der Waals surface area contributed by atoms with Gasteiger partial charge in [0.1, 0.15) is 5.82 Å². The number of hydrogen-bond donors (Lipinski definition) is 1. The molecule has 1 aromatic heterocycles. The first-order valence-electron chi connectivity index (χ1n) is 6.55. The zero-order valence-electron chi connectivity index (χ0n) is 11.4. The zero-order chi connectivity index (χ0) is 13.1. The van der Waals surface area contributed by atoms with E-state index in [2.05, 4.69) is 37.0 Å². The van der Waals surface area contributed by atoms with Gasteiger partial charge in [0.05, 0.1) is 5.52 Å². The Labute approximate surface area is 108 Å². The number of halogens is 1. The molecule has 1 N–H and O–H groups in total. The number of benzene rings is 1. The maximum absolute atomic E-state index is 13.9. The molecule has 0 bridgehead atoms. The summed E-state index contributed by atoms with van der Waals surface area (Å²) in [7, 11) is 4.11. The number of likely N-dealkylation sites (N-methyl/N-ethyl adjacent to an activating group) is 1. The van der Waals surface area contributed by atoms with Gasteiger partial charge in [0, 0.05) is 18.1 Å². The Kier molecular flexibility index (Phi) is 4.02. The maximum atomic E-state index is 13.9. The van der Waals surface area contributed by atoms with Crippen molar-refractivity contribution in [1.82, 2.24) is 9.88 Å². The number of fused-ring (bicyclic) bond motifs is 1. The van der Waals surface area contributed by atoms with Gasteiger partial charge < -0.3 is 9.88 Å². The van der Waals surface area contributed by atoms with Crippen LogP contribution in [-0.4, -0.2) is 30.5 Å². The highest BCUT2D eigenvalue weighted by atomic mass is 19.1. The van der Waals surface area contributed by atoms with Crippen LogP contribution in [0.25, 0.3) is 10.9 Å². The van der Waals surface area contributed by atoms with Gasteiger partial charge in [0.25, 0.3) is 0 Å². The molecule has 0 unspecified atom stereocenters. The van der Waals surface area contributed by atoms with Crippen LogP contribution >= 0.6 is 0 Å². The number of aromatic amines is 1. The normalized spacial score (nSPS) is 11.6. The molecule has 0 atom stereocenters. The highest BCUT2D eigenvalue weighted by molar-refractivity contribution is 5.84. The van der Waals surface area contributed by atoms with Crippen LogP contribution in [0.4, 0.5) is 4.39 Å². The summed E-state index contributed by atoms with van der Waals surface area (Å²) in [5, 5.41) is 1.04. The van der Waals surface area contributed by atoms with Crippen molar-refractivity contribution in [2.45, 2.75) is 26.2 Å². The van der Waals surface area contributed by atoms with E-state index in [1.165, 1.54) is 5.56 Å². The number of rotatable bonds is 5. The lowest BCUT2D eigenvalue weighted by Crippen LogP contribution is -2.14. The van der Waals surface area contributed by atoms with Gasteiger partial charge in [-0.2, -0.15) is 0 Å². The van der Waals surface area contributed by atoms with Crippen LogP contribution in [0.5, 0.6) is 0 Å². The molecule has 0 amide bonds. The average molecular weight is 248 g/mol. The quantitative estimate of drug-likeness (QED) is 0.859. The lowest BCUT2D eigenvalue weighted by atomic mass is 10.0. The lowest BCUT2D eigenvalue weighted by molar-refractivity contribution is 0.414. The number of aromatic nitrogens is 1. The summed E-state index contributed by atoms with van der Waals surface area (Å²) in [6.45, 7) is 3.10. The van der Waals surface area contributed by atoms with Crippen LogP contribution in [0.1, 0.15) is 24.5 Å². The fourth-order valence-corrected chi connectivity index (χ4v) is 2.28. The van der Waals surface area contributed by atoms with Crippen molar-refractivity contribution in [3.8, 4) is 0 Å². The van der Waals surface area contributed by atoms with E-state index in [1.54, 1.807) is 6.07 Å². The molecule has 0 saturated carbocycles. The molecule has 98 valence electrons. The summed E-state index contributed by atoms with van der Waals surface area (Å²) in [5.41, 5.74) is 2.94. The molecule has 0 aliphatic rings. The van der Waals surface area contributed by atoms with Crippen LogP contribution in [0.15, 0.2) is 18.3 Å². The Bertz CT molecular complexity index is 529. The Morgan fingerprint density at radius 1 is 1.22 bits per heavy atom. The van der Waals surface area contributed by atoms with Crippen LogP contribution in [0.3, 0.4) is 0 Å². The molecule has 0 spiro atoms. The first kappa shape index (κ1) is 13.1. The van der Waals surface area contributed by atoms with Crippen LogP contribution < -0.4 is 0 Å². The zero-order valence-corrected chi connectivity index (χ0v) is 11.4. The molecular weight excluding hydrogens is 227 g/mol. The number of aryl methyl sites for hydroxylation is 1. The van der Waals surface area contributed by atoms with Gasteiger partial charge >= 0.3 is 0 Å². The Morgan fingerprint density at radius 3 is 2.67 bits per heavy atom. The monoisotopic (exact) mass is 248 g/mol. The molecule has 18 heavy (non-hydrogen) atoms. The minimum Gasteiger partial charge on any atom is -0.359 e. The van der Waals surface area contributed by atoms with Crippen molar-refractivity contribution >= 4 is 10.9 Å². The van der Waals surface area contributed by atoms with E-state index in [4.69, 9.17) is 0 Å². The van der Waals surface area contributed by atoms with Crippen molar-refractivity contribution in [1.29, 1.82) is 0 Å². The van der Waals surface area contributed by atoms with Gasteiger partial charge in [-0.15, -0.1) is 0 Å². The molecule has 0 aliphatic carbocycles. The molecule has 0 fully saturated rings. The van der Waals surface area contributed by atoms with Crippen molar-refractivity contribution in [3.05, 3.63) is 35.3 Å². The van der Waals surface area contributed by atoms with Crippen molar-refractivity contribution in [2.24, 2.45) is 0 Å². The molecule has 0 aliphatic heterocycles. The smallest absolute Gasteiger partial charge is 0.147 e. The molecule has 3 heteroatoms. The Balaban J connectivity index is 2.36. The fraction of sp³-hybridized carbons (Fsp3) is 0.467. The van der Waals surface area contributed by atoms with Gasteiger partial charge in [0.2, 0.25) is 0 Å². The first-order chi connectivity index (χ1) is 8.61. The maximum Gasteiger partial charge on any atom is 0.147 e.